The summed E-state index contributed by atoms with van der Waals surface area (Å²) in [4.78, 5) is 20.7. The van der Waals surface area contributed by atoms with E-state index in [0.29, 0.717) is 16.5 Å². The highest BCUT2D eigenvalue weighted by Gasteiger charge is 2.13. The number of aliphatic carboxylic acids is 1. The average molecular weight is 330 g/mol. The largest absolute Gasteiger partial charge is 0.480 e. The third kappa shape index (κ3) is 3.89. The second-order valence-corrected chi connectivity index (χ2v) is 5.18. The van der Waals surface area contributed by atoms with E-state index in [4.69, 9.17) is 16.7 Å². The number of hydrogen-bond acceptors (Lipinski definition) is 7. The Labute approximate surface area is 127 Å². The van der Waals surface area contributed by atoms with E-state index in [1.807, 2.05) is 0 Å². The van der Waals surface area contributed by atoms with Gasteiger partial charge in [0.2, 0.25) is 5.16 Å². The number of rotatable bonds is 6. The van der Waals surface area contributed by atoms with E-state index in [0.717, 1.165) is 4.68 Å². The summed E-state index contributed by atoms with van der Waals surface area (Å²) in [6.07, 6.45) is 0. The Hall–Kier alpha value is -2.20. The van der Waals surface area contributed by atoms with Gasteiger partial charge in [-0.2, -0.15) is 0 Å². The lowest BCUT2D eigenvalue weighted by atomic mass is 10.2. The molecular formula is C10H8ClN5O4S. The molecule has 0 aliphatic heterocycles. The quantitative estimate of drug-likeness (QED) is 0.481. The summed E-state index contributed by atoms with van der Waals surface area (Å²) in [6.45, 7) is -0.344. The second-order valence-electron chi connectivity index (χ2n) is 3.83. The van der Waals surface area contributed by atoms with E-state index < -0.39 is 10.9 Å². The van der Waals surface area contributed by atoms with Crippen LogP contribution in [-0.2, 0) is 17.1 Å². The molecule has 0 amide bonds. The molecule has 2 rings (SSSR count). The number of hydrogen-bond donors (Lipinski definition) is 1. The highest BCUT2D eigenvalue weighted by atomic mass is 35.5. The summed E-state index contributed by atoms with van der Waals surface area (Å²) in [5, 5.41) is 30.6. The highest BCUT2D eigenvalue weighted by molar-refractivity contribution is 7.98. The molecule has 1 aromatic heterocycles. The lowest BCUT2D eigenvalue weighted by Crippen LogP contribution is -2.11. The van der Waals surface area contributed by atoms with Crippen LogP contribution < -0.4 is 0 Å². The van der Waals surface area contributed by atoms with Crippen LogP contribution >= 0.6 is 23.4 Å². The monoisotopic (exact) mass is 329 g/mol. The van der Waals surface area contributed by atoms with Gasteiger partial charge in [0.05, 0.1) is 9.95 Å². The van der Waals surface area contributed by atoms with Gasteiger partial charge in [-0.15, -0.1) is 5.10 Å². The lowest BCUT2D eigenvalue weighted by Gasteiger charge is -2.04. The summed E-state index contributed by atoms with van der Waals surface area (Å²) < 4.78 is 1.15. The molecule has 0 saturated heterocycles. The molecule has 0 radical (unpaired) electrons. The predicted molar refractivity (Wildman–Crippen MR) is 73.1 cm³/mol. The standard InChI is InChI=1S/C10H8ClN5O4S/c11-8-3-7(16(19)20)2-1-6(8)5-21-10-12-13-14-15(10)4-9(17)18/h1-3H,4-5H2,(H,17,18). The number of thioether (sulfide) groups is 1. The van der Waals surface area contributed by atoms with Crippen LogP contribution in [0.25, 0.3) is 0 Å². The molecule has 1 heterocycles. The zero-order valence-electron chi connectivity index (χ0n) is 10.3. The van der Waals surface area contributed by atoms with Crippen molar-refractivity contribution in [3.05, 3.63) is 38.9 Å². The second kappa shape index (κ2) is 6.50. The normalized spacial score (nSPS) is 10.5. The van der Waals surface area contributed by atoms with Crippen molar-refractivity contribution in [2.75, 3.05) is 0 Å². The van der Waals surface area contributed by atoms with Crippen LogP contribution in [0.4, 0.5) is 5.69 Å². The summed E-state index contributed by atoms with van der Waals surface area (Å²) in [6, 6.07) is 4.15. The zero-order chi connectivity index (χ0) is 15.4. The van der Waals surface area contributed by atoms with Crippen molar-refractivity contribution in [2.45, 2.75) is 17.5 Å². The third-order valence-corrected chi connectivity index (χ3v) is 3.75. The smallest absolute Gasteiger partial charge is 0.325 e. The van der Waals surface area contributed by atoms with Crippen LogP contribution in [0, 0.1) is 10.1 Å². The number of nitro benzene ring substituents is 1. The van der Waals surface area contributed by atoms with Crippen LogP contribution in [0.1, 0.15) is 5.56 Å². The number of benzene rings is 1. The fourth-order valence-electron chi connectivity index (χ4n) is 1.44. The number of carboxylic acids is 1. The minimum Gasteiger partial charge on any atom is -0.480 e. The van der Waals surface area contributed by atoms with Crippen molar-refractivity contribution in [2.24, 2.45) is 0 Å². The first-order chi connectivity index (χ1) is 9.97. The summed E-state index contributed by atoms with van der Waals surface area (Å²) in [7, 11) is 0. The SMILES string of the molecule is O=C(O)Cn1nnnc1SCc1ccc([N+](=O)[O-])cc1Cl. The molecule has 0 bridgehead atoms. The topological polar surface area (TPSA) is 124 Å². The van der Waals surface area contributed by atoms with Gasteiger partial charge < -0.3 is 5.11 Å². The molecule has 0 fully saturated rings. The zero-order valence-corrected chi connectivity index (χ0v) is 11.9. The fraction of sp³-hybridized carbons (Fsp3) is 0.200. The number of carbonyl (C=O) groups is 1. The minimum atomic E-state index is -1.06. The van der Waals surface area contributed by atoms with E-state index in [-0.39, 0.29) is 17.3 Å². The number of nitro groups is 1. The van der Waals surface area contributed by atoms with Gasteiger partial charge in [-0.3, -0.25) is 14.9 Å². The highest BCUT2D eigenvalue weighted by Crippen LogP contribution is 2.28. The molecule has 110 valence electrons. The van der Waals surface area contributed by atoms with Gasteiger partial charge >= 0.3 is 5.97 Å². The van der Waals surface area contributed by atoms with Crippen LogP contribution in [0.15, 0.2) is 23.4 Å². The van der Waals surface area contributed by atoms with Crippen LogP contribution in [-0.4, -0.2) is 36.2 Å². The van der Waals surface area contributed by atoms with Gasteiger partial charge in [-0.25, -0.2) is 4.68 Å². The molecule has 21 heavy (non-hydrogen) atoms. The minimum absolute atomic E-state index is 0.0931. The Kier molecular flexibility index (Phi) is 4.70. The summed E-state index contributed by atoms with van der Waals surface area (Å²) >= 11 is 7.15. The van der Waals surface area contributed by atoms with E-state index in [2.05, 4.69) is 15.5 Å². The number of nitrogens with zero attached hydrogens (tertiary/aromatic N) is 5. The Morgan fingerprint density at radius 2 is 2.29 bits per heavy atom. The van der Waals surface area contributed by atoms with Crippen molar-refractivity contribution >= 4 is 35.0 Å². The Morgan fingerprint density at radius 3 is 2.90 bits per heavy atom. The first-order valence-corrected chi connectivity index (χ1v) is 6.87. The average Bonchev–Trinajstić information content (AvgIpc) is 2.83. The van der Waals surface area contributed by atoms with E-state index in [1.54, 1.807) is 6.07 Å². The maximum absolute atomic E-state index is 10.6. The summed E-state index contributed by atoms with van der Waals surface area (Å²) in [5.41, 5.74) is 0.571. The molecule has 0 aliphatic carbocycles. The van der Waals surface area contributed by atoms with Gasteiger partial charge in [0.15, 0.2) is 0 Å². The number of aromatic nitrogens is 4. The Morgan fingerprint density at radius 1 is 1.52 bits per heavy atom. The number of carboxylic acid groups (broad SMARTS) is 1. The van der Waals surface area contributed by atoms with E-state index >= 15 is 0 Å². The van der Waals surface area contributed by atoms with Gasteiger partial charge in [0.1, 0.15) is 6.54 Å². The van der Waals surface area contributed by atoms with E-state index in [1.165, 1.54) is 23.9 Å². The molecule has 2 aromatic rings. The first kappa shape index (κ1) is 15.2. The van der Waals surface area contributed by atoms with E-state index in [9.17, 15) is 14.9 Å². The van der Waals surface area contributed by atoms with Gasteiger partial charge in [-0.1, -0.05) is 23.4 Å². The number of non-ortho nitro benzene ring substituents is 1. The fourth-order valence-corrected chi connectivity index (χ4v) is 2.64. The molecule has 0 atom stereocenters. The maximum Gasteiger partial charge on any atom is 0.325 e. The first-order valence-electron chi connectivity index (χ1n) is 5.51. The van der Waals surface area contributed by atoms with Crippen molar-refractivity contribution in [1.29, 1.82) is 0 Å². The van der Waals surface area contributed by atoms with Crippen molar-refractivity contribution in [3.63, 3.8) is 0 Å². The molecule has 9 nitrogen and oxygen atoms in total. The van der Waals surface area contributed by atoms with Crippen LogP contribution in [0.2, 0.25) is 5.02 Å². The maximum atomic E-state index is 10.6. The molecule has 0 aliphatic rings. The van der Waals surface area contributed by atoms with Crippen molar-refractivity contribution < 1.29 is 14.8 Å². The van der Waals surface area contributed by atoms with Crippen molar-refractivity contribution in [1.82, 2.24) is 20.2 Å². The molecule has 0 spiro atoms. The van der Waals surface area contributed by atoms with Crippen molar-refractivity contribution in [3.8, 4) is 0 Å². The van der Waals surface area contributed by atoms with Gasteiger partial charge in [-0.05, 0) is 22.1 Å². The Balaban J connectivity index is 2.08. The van der Waals surface area contributed by atoms with Gasteiger partial charge in [0.25, 0.3) is 5.69 Å². The van der Waals surface area contributed by atoms with Gasteiger partial charge in [0, 0.05) is 17.9 Å². The molecule has 0 unspecified atom stereocenters. The predicted octanol–water partition coefficient (Wildman–Crippen LogP) is 1.61. The van der Waals surface area contributed by atoms with Crippen LogP contribution in [0.3, 0.4) is 0 Å². The molecule has 11 heteroatoms. The molecule has 0 saturated carbocycles. The molecular weight excluding hydrogens is 322 g/mol. The molecule has 1 N–H and O–H groups in total. The third-order valence-electron chi connectivity index (χ3n) is 2.39. The molecule has 1 aromatic carbocycles. The number of halogens is 1. The Bertz CT molecular complexity index is 692. The summed E-state index contributed by atoms with van der Waals surface area (Å²) in [5.74, 6) is -0.700. The van der Waals surface area contributed by atoms with Crippen LogP contribution in [0.5, 0.6) is 0 Å². The number of tetrazole rings is 1. The lowest BCUT2D eigenvalue weighted by molar-refractivity contribution is -0.384.